The van der Waals surface area contributed by atoms with Crippen LogP contribution in [0.4, 0.5) is 0 Å². The molecule has 212 valence electrons. The van der Waals surface area contributed by atoms with Gasteiger partial charge in [-0.25, -0.2) is 0 Å². The van der Waals surface area contributed by atoms with Gasteiger partial charge in [0.25, 0.3) is 0 Å². The normalized spacial score (nSPS) is 12.7. The zero-order valence-corrected chi connectivity index (χ0v) is 28.3. The number of ether oxygens (including phenoxy) is 1. The van der Waals surface area contributed by atoms with Gasteiger partial charge in [-0.05, 0) is 0 Å². The number of aryl methyl sites for hydroxylation is 3. The van der Waals surface area contributed by atoms with Gasteiger partial charge in [0.05, 0.1) is 0 Å². The topological polar surface area (TPSA) is 69.7 Å². The summed E-state index contributed by atoms with van der Waals surface area (Å²) >= 11 is 3.81. The summed E-state index contributed by atoms with van der Waals surface area (Å²) < 4.78 is 16.9. The first kappa shape index (κ1) is 32.7. The second kappa shape index (κ2) is 17.2. The fourth-order valence-electron chi connectivity index (χ4n) is 5.39. The van der Waals surface area contributed by atoms with Crippen molar-refractivity contribution < 1.29 is 14.1 Å². The molecule has 0 saturated heterocycles. The van der Waals surface area contributed by atoms with Gasteiger partial charge < -0.3 is 0 Å². The van der Waals surface area contributed by atoms with Gasteiger partial charge in [0, 0.05) is 0 Å². The van der Waals surface area contributed by atoms with Crippen LogP contribution in [-0.2, 0) is 11.3 Å². The maximum atomic E-state index is 6.62. The second-order valence-corrected chi connectivity index (χ2v) is 23.8. The van der Waals surface area contributed by atoms with E-state index in [2.05, 4.69) is 61.2 Å². The molecule has 0 bridgehead atoms. The van der Waals surface area contributed by atoms with E-state index in [1.165, 1.54) is 64.5 Å². The van der Waals surface area contributed by atoms with Crippen molar-refractivity contribution in [1.29, 1.82) is 0 Å². The number of methoxy groups -OCH3 is 1. The molecule has 1 aromatic heterocycles. The number of unbranched alkanes of at least 4 members (excludes halogenated alkanes) is 4. The average Bonchev–Trinajstić information content (AvgIpc) is 3.33. The fraction of sp³-hybridized carbons (Fsp3) is 0.633. The third kappa shape index (κ3) is 9.28. The fourth-order valence-corrected chi connectivity index (χ4v) is 22.7. The van der Waals surface area contributed by atoms with Crippen molar-refractivity contribution >= 4 is 38.7 Å². The summed E-state index contributed by atoms with van der Waals surface area (Å²) in [6, 6.07) is 4.50. The first-order chi connectivity index (χ1) is 18.3. The summed E-state index contributed by atoms with van der Waals surface area (Å²) in [4.78, 5) is 9.42. The summed E-state index contributed by atoms with van der Waals surface area (Å²) in [7, 11) is 3.20. The van der Waals surface area contributed by atoms with Crippen LogP contribution in [0.5, 0.6) is 5.75 Å². The van der Waals surface area contributed by atoms with Crippen molar-refractivity contribution in [2.75, 3.05) is 14.2 Å². The molecule has 8 heteroatoms. The molecule has 2 aromatic rings. The number of oxime groups is 1. The summed E-state index contributed by atoms with van der Waals surface area (Å²) in [5.41, 5.74) is 3.15. The number of aromatic nitrogens is 2. The zero-order chi connectivity index (χ0) is 28.0. The molecule has 38 heavy (non-hydrogen) atoms. The summed E-state index contributed by atoms with van der Waals surface area (Å²) in [5, 5.41) is 8.31. The van der Waals surface area contributed by atoms with Crippen LogP contribution in [0.25, 0.3) is 3.59 Å². The molecule has 0 fully saturated rings. The Morgan fingerprint density at radius 1 is 1.00 bits per heavy atom. The van der Waals surface area contributed by atoms with Crippen LogP contribution < -0.4 is 4.74 Å². The van der Waals surface area contributed by atoms with Gasteiger partial charge in [-0.15, -0.1) is 0 Å². The van der Waals surface area contributed by atoms with E-state index in [1.807, 2.05) is 6.92 Å². The van der Waals surface area contributed by atoms with Crippen LogP contribution in [-0.4, -0.2) is 47.9 Å². The molecule has 0 spiro atoms. The Morgan fingerprint density at radius 2 is 1.63 bits per heavy atom. The monoisotopic (exact) mass is 653 g/mol. The quantitative estimate of drug-likeness (QED) is 0.0696. The molecule has 0 amide bonds. The van der Waals surface area contributed by atoms with E-state index < -0.39 is 18.4 Å². The molecule has 0 N–H and O–H groups in total. The second-order valence-electron chi connectivity index (χ2n) is 10.3. The van der Waals surface area contributed by atoms with E-state index in [4.69, 9.17) is 25.7 Å². The van der Waals surface area contributed by atoms with E-state index in [1.54, 1.807) is 10.7 Å². The van der Waals surface area contributed by atoms with Crippen molar-refractivity contribution in [3.8, 4) is 5.75 Å². The van der Waals surface area contributed by atoms with Crippen LogP contribution in [0.15, 0.2) is 27.9 Å². The SMILES string of the molecule is CCC[CH2][Sn]([CH2]CCC)([CH2]CCC)/[C](=C/CCCc1nc(C)no1)c1cc(C)c(OC)c(C(Cl)=NOC)c1. The van der Waals surface area contributed by atoms with Gasteiger partial charge in [-0.1, -0.05) is 0 Å². The van der Waals surface area contributed by atoms with Gasteiger partial charge in [0.15, 0.2) is 0 Å². The maximum absolute atomic E-state index is 6.62. The Balaban J connectivity index is 2.65. The molecule has 0 radical (unpaired) electrons. The zero-order valence-electron chi connectivity index (χ0n) is 24.7. The first-order valence-corrected chi connectivity index (χ1v) is 22.2. The molecule has 0 saturated carbocycles. The Kier molecular flexibility index (Phi) is 14.8. The molecule has 2 rings (SSSR count). The van der Waals surface area contributed by atoms with Crippen molar-refractivity contribution in [2.24, 2.45) is 5.16 Å². The van der Waals surface area contributed by atoms with E-state index in [0.29, 0.717) is 11.0 Å². The van der Waals surface area contributed by atoms with Crippen LogP contribution >= 0.6 is 11.6 Å². The Morgan fingerprint density at radius 3 is 2.13 bits per heavy atom. The molecule has 0 atom stereocenters. The van der Waals surface area contributed by atoms with Gasteiger partial charge in [-0.3, -0.25) is 0 Å². The van der Waals surface area contributed by atoms with Crippen LogP contribution in [0.3, 0.4) is 0 Å². The number of rotatable bonds is 18. The van der Waals surface area contributed by atoms with Gasteiger partial charge in [0.1, 0.15) is 0 Å². The van der Waals surface area contributed by atoms with E-state index in [9.17, 15) is 0 Å². The number of benzene rings is 1. The van der Waals surface area contributed by atoms with Crippen LogP contribution in [0.2, 0.25) is 13.3 Å². The summed E-state index contributed by atoms with van der Waals surface area (Å²) in [5.74, 6) is 2.17. The van der Waals surface area contributed by atoms with Crippen molar-refractivity contribution in [2.45, 2.75) is 106 Å². The molecule has 0 aliphatic carbocycles. The van der Waals surface area contributed by atoms with Crippen molar-refractivity contribution in [3.63, 3.8) is 0 Å². The van der Waals surface area contributed by atoms with Crippen molar-refractivity contribution in [1.82, 2.24) is 10.1 Å². The van der Waals surface area contributed by atoms with Crippen LogP contribution in [0.1, 0.15) is 101 Å². The third-order valence-corrected chi connectivity index (χ3v) is 23.5. The minimum atomic E-state index is -2.81. The minimum absolute atomic E-state index is 0.317. The molecule has 0 unspecified atom stereocenters. The Labute approximate surface area is 239 Å². The summed E-state index contributed by atoms with van der Waals surface area (Å²) in [6.45, 7) is 10.9. The predicted octanol–water partition coefficient (Wildman–Crippen LogP) is 9.04. The van der Waals surface area contributed by atoms with E-state index in [-0.39, 0.29) is 0 Å². The molecule has 1 heterocycles. The van der Waals surface area contributed by atoms with Gasteiger partial charge >= 0.3 is 240 Å². The van der Waals surface area contributed by atoms with Gasteiger partial charge in [-0.2, -0.15) is 0 Å². The summed E-state index contributed by atoms with van der Waals surface area (Å²) in [6.07, 6.45) is 12.9. The number of halogens is 1. The van der Waals surface area contributed by atoms with Gasteiger partial charge in [0.2, 0.25) is 0 Å². The number of nitrogens with zero attached hydrogens (tertiary/aromatic N) is 3. The number of hydrogen-bond donors (Lipinski definition) is 0. The standard InChI is InChI=1S/C18H21ClN3O3.3C4H9.Sn/c1-12-10-14(11-15(17(12)23-3)18(19)22-24-4)8-6-5-7-9-16-20-13(2)21-25-16;3*1-3-4-2;/h6,10-11H,5,7,9H2,1-4H3;3*1,3-4H2,2H3;. The average molecular weight is 653 g/mol. The third-order valence-electron chi connectivity index (χ3n) is 7.29. The first-order valence-electron chi connectivity index (χ1n) is 14.3. The predicted molar refractivity (Wildman–Crippen MR) is 162 cm³/mol. The molecule has 6 nitrogen and oxygen atoms in total. The molecule has 1 aromatic carbocycles. The van der Waals surface area contributed by atoms with E-state index in [0.717, 1.165) is 42.0 Å². The molecular formula is C30H48ClN3O3Sn. The van der Waals surface area contributed by atoms with Crippen molar-refractivity contribution in [3.05, 3.63) is 46.6 Å². The van der Waals surface area contributed by atoms with Crippen LogP contribution in [0, 0.1) is 13.8 Å². The number of allylic oxidation sites excluding steroid dienone is 1. The molecule has 0 aliphatic rings. The molecule has 0 aliphatic heterocycles. The number of hydrogen-bond acceptors (Lipinski definition) is 6. The van der Waals surface area contributed by atoms with E-state index >= 15 is 0 Å². The Bertz CT molecular complexity index is 1030. The molecular weight excluding hydrogens is 605 g/mol. The Hall–Kier alpha value is -1.54.